The monoisotopic (exact) mass is 365 g/mol. The number of hydrogen-bond donors (Lipinski definition) is 1. The molecule has 0 amide bonds. The van der Waals surface area contributed by atoms with E-state index in [2.05, 4.69) is 4.72 Å². The van der Waals surface area contributed by atoms with E-state index in [4.69, 9.17) is 16.3 Å². The lowest BCUT2D eigenvalue weighted by Crippen LogP contribution is -2.32. The molecule has 1 heterocycles. The van der Waals surface area contributed by atoms with Gasteiger partial charge in [-0.05, 0) is 75.1 Å². The molecule has 0 spiro atoms. The fraction of sp³-hybridized carbons (Fsp3) is 0.333. The number of fused-ring (bicyclic) bond motifs is 1. The van der Waals surface area contributed by atoms with E-state index >= 15 is 0 Å². The Morgan fingerprint density at radius 1 is 1.21 bits per heavy atom. The fourth-order valence-electron chi connectivity index (χ4n) is 2.72. The van der Waals surface area contributed by atoms with Crippen molar-refractivity contribution in [3.8, 4) is 5.75 Å². The smallest absolute Gasteiger partial charge is 0.261 e. The first-order valence-electron chi connectivity index (χ1n) is 7.78. The molecule has 0 aliphatic carbocycles. The molecule has 0 saturated heterocycles. The van der Waals surface area contributed by atoms with Crippen LogP contribution in [0.25, 0.3) is 0 Å². The molecule has 2 aromatic carbocycles. The van der Waals surface area contributed by atoms with Crippen molar-refractivity contribution in [2.24, 2.45) is 0 Å². The summed E-state index contributed by atoms with van der Waals surface area (Å²) in [5, 5.41) is 0.524. The molecule has 0 unspecified atom stereocenters. The van der Waals surface area contributed by atoms with Crippen molar-refractivity contribution in [3.63, 3.8) is 0 Å². The van der Waals surface area contributed by atoms with Gasteiger partial charge in [0.05, 0.1) is 10.6 Å². The number of anilines is 1. The topological polar surface area (TPSA) is 55.4 Å². The minimum absolute atomic E-state index is 0.219. The van der Waals surface area contributed by atoms with Crippen LogP contribution in [0.15, 0.2) is 41.3 Å². The molecule has 6 heteroatoms. The molecule has 0 saturated carbocycles. The number of aryl methyl sites for hydroxylation is 1. The number of nitrogens with one attached hydrogen (secondary N) is 1. The Bertz CT molecular complexity index is 891. The zero-order chi connectivity index (χ0) is 17.5. The van der Waals surface area contributed by atoms with Gasteiger partial charge in [-0.2, -0.15) is 0 Å². The largest absolute Gasteiger partial charge is 0.488 e. The van der Waals surface area contributed by atoms with Gasteiger partial charge in [0.15, 0.2) is 0 Å². The van der Waals surface area contributed by atoms with Crippen LogP contribution in [0.2, 0.25) is 5.02 Å². The summed E-state index contributed by atoms with van der Waals surface area (Å²) in [7, 11) is -3.68. The SMILES string of the molecule is Cc1c(Cl)cccc1NS(=O)(=O)c1ccc2c(c1)CCC(C)(C)O2. The Morgan fingerprint density at radius 2 is 1.96 bits per heavy atom. The lowest BCUT2D eigenvalue weighted by Gasteiger charge is -2.32. The van der Waals surface area contributed by atoms with Crippen LogP contribution in [-0.2, 0) is 16.4 Å². The minimum Gasteiger partial charge on any atom is -0.488 e. The van der Waals surface area contributed by atoms with Crippen molar-refractivity contribution in [1.29, 1.82) is 0 Å². The molecular formula is C18H20ClNO3S. The Hall–Kier alpha value is -1.72. The minimum atomic E-state index is -3.68. The maximum atomic E-state index is 12.7. The number of ether oxygens (including phenoxy) is 1. The van der Waals surface area contributed by atoms with Crippen LogP contribution in [0.3, 0.4) is 0 Å². The highest BCUT2D eigenvalue weighted by atomic mass is 35.5. The Labute approximate surface area is 147 Å². The molecule has 0 fully saturated rings. The maximum Gasteiger partial charge on any atom is 0.261 e. The molecule has 3 rings (SSSR count). The first-order chi connectivity index (χ1) is 11.2. The van der Waals surface area contributed by atoms with E-state index in [1.165, 1.54) is 0 Å². The number of hydrogen-bond acceptors (Lipinski definition) is 3. The first-order valence-corrected chi connectivity index (χ1v) is 9.64. The van der Waals surface area contributed by atoms with Crippen LogP contribution >= 0.6 is 11.6 Å². The quantitative estimate of drug-likeness (QED) is 0.867. The number of rotatable bonds is 3. The van der Waals surface area contributed by atoms with Gasteiger partial charge in [0.25, 0.3) is 10.0 Å². The number of halogens is 1. The summed E-state index contributed by atoms with van der Waals surface area (Å²) in [6, 6.07) is 10.1. The van der Waals surface area contributed by atoms with Gasteiger partial charge in [-0.15, -0.1) is 0 Å². The standard InChI is InChI=1S/C18H20ClNO3S/c1-12-15(19)5-4-6-16(12)20-24(21,22)14-7-8-17-13(11-14)9-10-18(2,3)23-17/h4-8,11,20H,9-10H2,1-3H3. The summed E-state index contributed by atoms with van der Waals surface area (Å²) < 4.78 is 33.9. The van der Waals surface area contributed by atoms with E-state index in [1.54, 1.807) is 43.3 Å². The molecule has 2 aromatic rings. The summed E-state index contributed by atoms with van der Waals surface area (Å²) in [4.78, 5) is 0.226. The van der Waals surface area contributed by atoms with Crippen molar-refractivity contribution in [2.75, 3.05) is 4.72 Å². The van der Waals surface area contributed by atoms with Gasteiger partial charge >= 0.3 is 0 Å². The maximum absolute atomic E-state index is 12.7. The summed E-state index contributed by atoms with van der Waals surface area (Å²) in [5.74, 6) is 0.754. The highest BCUT2D eigenvalue weighted by Crippen LogP contribution is 2.35. The molecule has 128 valence electrons. The summed E-state index contributed by atoms with van der Waals surface area (Å²) in [5.41, 5.74) is 1.88. The second-order valence-electron chi connectivity index (χ2n) is 6.65. The second-order valence-corrected chi connectivity index (χ2v) is 8.74. The van der Waals surface area contributed by atoms with Crippen molar-refractivity contribution in [3.05, 3.63) is 52.5 Å². The van der Waals surface area contributed by atoms with Crippen LogP contribution in [-0.4, -0.2) is 14.0 Å². The average molecular weight is 366 g/mol. The summed E-state index contributed by atoms with van der Waals surface area (Å²) in [6.45, 7) is 5.84. The van der Waals surface area contributed by atoms with Gasteiger partial charge in [-0.25, -0.2) is 8.42 Å². The second kappa shape index (κ2) is 5.97. The highest BCUT2D eigenvalue weighted by molar-refractivity contribution is 7.92. The number of benzene rings is 2. The predicted molar refractivity (Wildman–Crippen MR) is 96.5 cm³/mol. The third-order valence-corrected chi connectivity index (χ3v) is 6.01. The molecule has 24 heavy (non-hydrogen) atoms. The first kappa shape index (κ1) is 17.1. The van der Waals surface area contributed by atoms with Gasteiger partial charge < -0.3 is 4.74 Å². The molecule has 1 aliphatic rings. The van der Waals surface area contributed by atoms with E-state index in [1.807, 2.05) is 13.8 Å². The molecule has 1 aliphatic heterocycles. The van der Waals surface area contributed by atoms with E-state index in [0.717, 1.165) is 24.2 Å². The van der Waals surface area contributed by atoms with E-state index in [0.29, 0.717) is 16.3 Å². The van der Waals surface area contributed by atoms with Crippen LogP contribution in [0.5, 0.6) is 5.75 Å². The van der Waals surface area contributed by atoms with Gasteiger partial charge in [0.2, 0.25) is 0 Å². The van der Waals surface area contributed by atoms with Crippen LogP contribution in [0, 0.1) is 6.92 Å². The van der Waals surface area contributed by atoms with Crippen LogP contribution in [0.1, 0.15) is 31.4 Å². The zero-order valence-corrected chi connectivity index (χ0v) is 15.5. The molecule has 0 bridgehead atoms. The van der Waals surface area contributed by atoms with Gasteiger partial charge in [0.1, 0.15) is 11.4 Å². The average Bonchev–Trinajstić information content (AvgIpc) is 2.50. The summed E-state index contributed by atoms with van der Waals surface area (Å²) in [6.07, 6.45) is 1.65. The van der Waals surface area contributed by atoms with Crippen molar-refractivity contribution < 1.29 is 13.2 Å². The Morgan fingerprint density at radius 3 is 2.71 bits per heavy atom. The molecular weight excluding hydrogens is 346 g/mol. The fourth-order valence-corrected chi connectivity index (χ4v) is 4.07. The Kier molecular flexibility index (Phi) is 4.26. The van der Waals surface area contributed by atoms with Crippen LogP contribution in [0.4, 0.5) is 5.69 Å². The predicted octanol–water partition coefficient (Wildman–Crippen LogP) is 4.55. The summed E-state index contributed by atoms with van der Waals surface area (Å²) >= 11 is 6.06. The lowest BCUT2D eigenvalue weighted by atomic mass is 9.94. The third kappa shape index (κ3) is 3.37. The molecule has 0 radical (unpaired) electrons. The van der Waals surface area contributed by atoms with Gasteiger partial charge in [0, 0.05) is 5.02 Å². The van der Waals surface area contributed by atoms with Crippen molar-refractivity contribution in [2.45, 2.75) is 44.1 Å². The molecule has 4 nitrogen and oxygen atoms in total. The van der Waals surface area contributed by atoms with E-state index < -0.39 is 10.0 Å². The normalized spacial score (nSPS) is 16.2. The van der Waals surface area contributed by atoms with E-state index in [-0.39, 0.29) is 10.5 Å². The van der Waals surface area contributed by atoms with Crippen molar-refractivity contribution in [1.82, 2.24) is 0 Å². The van der Waals surface area contributed by atoms with E-state index in [9.17, 15) is 8.42 Å². The van der Waals surface area contributed by atoms with Crippen molar-refractivity contribution >= 4 is 27.3 Å². The zero-order valence-electron chi connectivity index (χ0n) is 13.9. The molecule has 0 atom stereocenters. The van der Waals surface area contributed by atoms with Gasteiger partial charge in [-0.1, -0.05) is 17.7 Å². The highest BCUT2D eigenvalue weighted by Gasteiger charge is 2.28. The van der Waals surface area contributed by atoms with Crippen LogP contribution < -0.4 is 9.46 Å². The number of sulfonamides is 1. The van der Waals surface area contributed by atoms with Gasteiger partial charge in [-0.3, -0.25) is 4.72 Å². The Balaban J connectivity index is 1.92. The lowest BCUT2D eigenvalue weighted by molar-refractivity contribution is 0.0845. The third-order valence-electron chi connectivity index (χ3n) is 4.24. The molecule has 0 aromatic heterocycles. The molecule has 1 N–H and O–H groups in total.